The molecule has 0 aliphatic rings. The molecule has 0 saturated carbocycles. The molecule has 0 saturated heterocycles. The minimum absolute atomic E-state index is 0.0373. The third-order valence-corrected chi connectivity index (χ3v) is 1.76. The van der Waals surface area contributed by atoms with Gasteiger partial charge in [0.1, 0.15) is 6.29 Å². The van der Waals surface area contributed by atoms with E-state index in [0.29, 0.717) is 32.4 Å². The van der Waals surface area contributed by atoms with E-state index in [-0.39, 0.29) is 12.5 Å². The van der Waals surface area contributed by atoms with Gasteiger partial charge in [-0.25, -0.2) is 0 Å². The van der Waals surface area contributed by atoms with E-state index in [0.717, 1.165) is 6.29 Å². The molecule has 1 amide bonds. The fraction of sp³-hybridized carbons (Fsp3) is 0.778. The number of aliphatic hydroxyl groups excluding tert-OH is 1. The van der Waals surface area contributed by atoms with Crippen molar-refractivity contribution in [1.29, 1.82) is 0 Å². The Hall–Kier alpha value is -0.900. The van der Waals surface area contributed by atoms with Gasteiger partial charge >= 0.3 is 0 Å². The molecule has 0 atom stereocenters. The molecule has 76 valence electrons. The summed E-state index contributed by atoms with van der Waals surface area (Å²) in [7, 11) is 0. The Morgan fingerprint density at radius 3 is 2.62 bits per heavy atom. The summed E-state index contributed by atoms with van der Waals surface area (Å²) in [5.74, 6) is 0.0373. The molecule has 4 heteroatoms. The maximum absolute atomic E-state index is 11.3. The highest BCUT2D eigenvalue weighted by Crippen LogP contribution is 1.97. The molecule has 0 fully saturated rings. The molecule has 0 aliphatic carbocycles. The van der Waals surface area contributed by atoms with Crippen LogP contribution in [-0.4, -0.2) is 41.9 Å². The van der Waals surface area contributed by atoms with Crippen LogP contribution in [0.1, 0.15) is 26.2 Å². The number of carbonyl (C=O) groups is 2. The predicted molar refractivity (Wildman–Crippen MR) is 49.3 cm³/mol. The number of carbonyl (C=O) groups excluding carboxylic acids is 2. The minimum Gasteiger partial charge on any atom is -0.396 e. The summed E-state index contributed by atoms with van der Waals surface area (Å²) in [5.41, 5.74) is 0. The number of aliphatic hydroxyl groups is 1. The van der Waals surface area contributed by atoms with Crippen molar-refractivity contribution in [2.24, 2.45) is 0 Å². The van der Waals surface area contributed by atoms with Crippen LogP contribution in [0.3, 0.4) is 0 Å². The van der Waals surface area contributed by atoms with Crippen LogP contribution in [0.2, 0.25) is 0 Å². The second-order valence-electron chi connectivity index (χ2n) is 2.77. The average molecular weight is 187 g/mol. The summed E-state index contributed by atoms with van der Waals surface area (Å²) < 4.78 is 0. The molecule has 0 rings (SSSR count). The van der Waals surface area contributed by atoms with Crippen molar-refractivity contribution in [3.63, 3.8) is 0 Å². The van der Waals surface area contributed by atoms with Gasteiger partial charge in [0.2, 0.25) is 5.91 Å². The second kappa shape index (κ2) is 7.73. The van der Waals surface area contributed by atoms with Crippen LogP contribution < -0.4 is 0 Å². The van der Waals surface area contributed by atoms with Crippen LogP contribution in [0.4, 0.5) is 0 Å². The van der Waals surface area contributed by atoms with Gasteiger partial charge in [-0.2, -0.15) is 0 Å². The molecule has 0 aliphatic heterocycles. The van der Waals surface area contributed by atoms with Gasteiger partial charge in [0.05, 0.1) is 0 Å². The first-order valence-corrected chi connectivity index (χ1v) is 4.58. The molecule has 0 aromatic carbocycles. The Bertz CT molecular complexity index is 159. The summed E-state index contributed by atoms with van der Waals surface area (Å²) in [4.78, 5) is 23.0. The van der Waals surface area contributed by atoms with Crippen molar-refractivity contribution in [3.05, 3.63) is 0 Å². The third kappa shape index (κ3) is 5.36. The summed E-state index contributed by atoms with van der Waals surface area (Å²) in [5, 5.41) is 8.59. The largest absolute Gasteiger partial charge is 0.396 e. The van der Waals surface area contributed by atoms with Crippen molar-refractivity contribution in [3.8, 4) is 0 Å². The van der Waals surface area contributed by atoms with Crippen molar-refractivity contribution in [1.82, 2.24) is 4.90 Å². The van der Waals surface area contributed by atoms with E-state index in [1.54, 1.807) is 11.8 Å². The van der Waals surface area contributed by atoms with E-state index in [1.807, 2.05) is 0 Å². The maximum Gasteiger partial charge on any atom is 0.222 e. The predicted octanol–water partition coefficient (Wildman–Crippen LogP) is 0.196. The van der Waals surface area contributed by atoms with E-state index in [9.17, 15) is 9.59 Å². The summed E-state index contributed by atoms with van der Waals surface area (Å²) in [6, 6.07) is 0. The van der Waals surface area contributed by atoms with E-state index < -0.39 is 0 Å². The number of aldehydes is 1. The van der Waals surface area contributed by atoms with Crippen molar-refractivity contribution < 1.29 is 14.7 Å². The molecule has 0 aromatic heterocycles. The third-order valence-electron chi connectivity index (χ3n) is 1.76. The second-order valence-corrected chi connectivity index (χ2v) is 2.77. The van der Waals surface area contributed by atoms with E-state index in [2.05, 4.69) is 0 Å². The van der Waals surface area contributed by atoms with Gasteiger partial charge in [-0.1, -0.05) is 6.92 Å². The monoisotopic (exact) mass is 187 g/mol. The van der Waals surface area contributed by atoms with Crippen LogP contribution in [0.15, 0.2) is 0 Å². The number of amides is 1. The fourth-order valence-electron chi connectivity index (χ4n) is 1.05. The minimum atomic E-state index is 0.0373. The lowest BCUT2D eigenvalue weighted by molar-refractivity contribution is -0.131. The lowest BCUT2D eigenvalue weighted by atomic mass is 10.3. The molecular formula is C9H17NO3. The first-order valence-electron chi connectivity index (χ1n) is 4.58. The first kappa shape index (κ1) is 12.1. The molecule has 0 radical (unpaired) electrons. The van der Waals surface area contributed by atoms with Crippen LogP contribution in [0.25, 0.3) is 0 Å². The van der Waals surface area contributed by atoms with Crippen molar-refractivity contribution >= 4 is 12.2 Å². The molecule has 13 heavy (non-hydrogen) atoms. The van der Waals surface area contributed by atoms with Crippen molar-refractivity contribution in [2.75, 3.05) is 19.7 Å². The Morgan fingerprint density at radius 2 is 2.15 bits per heavy atom. The van der Waals surface area contributed by atoms with Gasteiger partial charge in [-0.05, 0) is 6.42 Å². The Labute approximate surface area is 78.5 Å². The van der Waals surface area contributed by atoms with Crippen LogP contribution in [0.5, 0.6) is 0 Å². The standard InChI is InChI=1S/C9H17NO3/c1-2-9(13)10(5-3-7-11)6-4-8-12/h7,12H,2-6,8H2,1H3. The number of nitrogens with zero attached hydrogens (tertiary/aromatic N) is 1. The molecular weight excluding hydrogens is 170 g/mol. The van der Waals surface area contributed by atoms with Crippen LogP contribution >= 0.6 is 0 Å². The number of hydrogen-bond donors (Lipinski definition) is 1. The molecule has 0 heterocycles. The van der Waals surface area contributed by atoms with Crippen LogP contribution in [-0.2, 0) is 9.59 Å². The highest BCUT2D eigenvalue weighted by molar-refractivity contribution is 5.76. The van der Waals surface area contributed by atoms with Gasteiger partial charge in [0, 0.05) is 32.5 Å². The Balaban J connectivity index is 3.86. The average Bonchev–Trinajstić information content (AvgIpc) is 2.17. The maximum atomic E-state index is 11.3. The van der Waals surface area contributed by atoms with Gasteiger partial charge in [0.15, 0.2) is 0 Å². The normalized spacial score (nSPS) is 9.69. The topological polar surface area (TPSA) is 57.6 Å². The quantitative estimate of drug-likeness (QED) is 0.579. The zero-order chi connectivity index (χ0) is 10.1. The van der Waals surface area contributed by atoms with Gasteiger partial charge in [-0.3, -0.25) is 4.79 Å². The first-order chi connectivity index (χ1) is 6.26. The zero-order valence-electron chi connectivity index (χ0n) is 8.03. The lowest BCUT2D eigenvalue weighted by Crippen LogP contribution is -2.32. The molecule has 0 unspecified atom stereocenters. The highest BCUT2D eigenvalue weighted by Gasteiger charge is 2.09. The molecule has 1 N–H and O–H groups in total. The fourth-order valence-corrected chi connectivity index (χ4v) is 1.05. The molecule has 4 nitrogen and oxygen atoms in total. The van der Waals surface area contributed by atoms with Gasteiger partial charge < -0.3 is 14.8 Å². The number of hydrogen-bond acceptors (Lipinski definition) is 3. The van der Waals surface area contributed by atoms with E-state index in [1.165, 1.54) is 0 Å². The summed E-state index contributed by atoms with van der Waals surface area (Å²) >= 11 is 0. The molecule has 0 bridgehead atoms. The summed E-state index contributed by atoms with van der Waals surface area (Å²) in [6.07, 6.45) is 2.20. The molecule has 0 spiro atoms. The van der Waals surface area contributed by atoms with Crippen molar-refractivity contribution in [2.45, 2.75) is 26.2 Å². The summed E-state index contributed by atoms with van der Waals surface area (Å²) in [6.45, 7) is 2.87. The molecule has 0 aromatic rings. The Kier molecular flexibility index (Phi) is 7.20. The van der Waals surface area contributed by atoms with E-state index >= 15 is 0 Å². The SMILES string of the molecule is CCC(=O)N(CCC=O)CCCO. The Morgan fingerprint density at radius 1 is 1.46 bits per heavy atom. The number of rotatable bonds is 7. The van der Waals surface area contributed by atoms with Gasteiger partial charge in [0.25, 0.3) is 0 Å². The lowest BCUT2D eigenvalue weighted by Gasteiger charge is -2.20. The highest BCUT2D eigenvalue weighted by atomic mass is 16.3. The van der Waals surface area contributed by atoms with E-state index in [4.69, 9.17) is 5.11 Å². The van der Waals surface area contributed by atoms with Crippen LogP contribution in [0, 0.1) is 0 Å². The zero-order valence-corrected chi connectivity index (χ0v) is 8.03. The van der Waals surface area contributed by atoms with Gasteiger partial charge in [-0.15, -0.1) is 0 Å². The smallest absolute Gasteiger partial charge is 0.222 e.